The summed E-state index contributed by atoms with van der Waals surface area (Å²) >= 11 is 0.956. The molecule has 0 aliphatic heterocycles. The summed E-state index contributed by atoms with van der Waals surface area (Å²) < 4.78 is 146. The minimum absolute atomic E-state index is 0.0349. The lowest BCUT2D eigenvalue weighted by molar-refractivity contribution is -0.432. The van der Waals surface area contributed by atoms with Crippen molar-refractivity contribution in [2.75, 3.05) is 5.73 Å². The fourth-order valence-corrected chi connectivity index (χ4v) is 12.0. The summed E-state index contributed by atoms with van der Waals surface area (Å²) in [6.45, 7) is 0. The second-order valence-electron chi connectivity index (χ2n) is 16.8. The molecule has 460 valence electrons. The van der Waals surface area contributed by atoms with Crippen LogP contribution >= 0.6 is 36.1 Å². The Morgan fingerprint density at radius 1 is 0.489 bits per heavy atom. The molecule has 37 nitrogen and oxygen atoms in total. The average molecular weight is 1350 g/mol. The molecule has 0 saturated carbocycles. The zero-order valence-electron chi connectivity index (χ0n) is 42.3. The van der Waals surface area contributed by atoms with Crippen molar-refractivity contribution in [1.29, 1.82) is 0 Å². The van der Waals surface area contributed by atoms with E-state index in [9.17, 15) is 82.5 Å². The fraction of sp³-hybridized carbons (Fsp3) is 0. The number of primary sulfonamides is 1. The lowest BCUT2D eigenvalue weighted by Gasteiger charge is -2.15. The highest BCUT2D eigenvalue weighted by Gasteiger charge is 2.30. The highest BCUT2D eigenvalue weighted by atomic mass is 32.2. The topological polar surface area (TPSA) is 605 Å². The molecule has 0 spiro atoms. The van der Waals surface area contributed by atoms with Gasteiger partial charge in [-0.1, -0.05) is 10.1 Å². The summed E-state index contributed by atoms with van der Waals surface area (Å²) in [5.41, 5.74) is -0.418. The van der Waals surface area contributed by atoms with Crippen molar-refractivity contribution < 1.29 is 121 Å². The van der Waals surface area contributed by atoms with E-state index in [-0.39, 0.29) is 55.2 Å². The van der Waals surface area contributed by atoms with Crippen LogP contribution in [0.2, 0.25) is 0 Å². The third-order valence-electron chi connectivity index (χ3n) is 11.6. The van der Waals surface area contributed by atoms with Gasteiger partial charge in [-0.05, 0) is 96.4 Å². The number of rotatable bonds is 23. The molecule has 88 heavy (non-hydrogen) atoms. The molecule has 44 heteroatoms. The second-order valence-corrected chi connectivity index (χ2v) is 24.8. The summed E-state index contributed by atoms with van der Waals surface area (Å²) in [6.07, 6.45) is 0. The SMILES string of the molecule is NOOSc1ccc(N=Nc2c(SOOO)cc3cc(N=Nc4c(SOOO)cc5c(S(=O)(=O)O)cc(N=Nc6ccc7c(O)c(N=Nc8ccc(S(N)(=O)=O)cc8C(=O)O)c(S(=O)(=O)O)cc7c6S(=O)(=O)O)c(N)c5c4O)ccc3c2O)c(C(=O)O)c1. The number of carboxylic acids is 2. The summed E-state index contributed by atoms with van der Waals surface area (Å²) in [5, 5.41) is 113. The Kier molecular flexibility index (Phi) is 19.3. The Morgan fingerprint density at radius 2 is 1.02 bits per heavy atom. The smallest absolute Gasteiger partial charge is 0.338 e. The van der Waals surface area contributed by atoms with Crippen LogP contribution < -0.4 is 16.8 Å². The molecule has 0 fully saturated rings. The standard InChI is InChI=1S/C44H31N11O26S7/c45-35-29(52-51-28-8-5-21-22(42(28)88(73,74)75)14-33(87(70,71)72)38(40(21)57)55-50-27-7-3-19(85(47,65)66)12-24(27)44(61)62)15-32(86(67,68)69)25-13-31(84-81-78-64)37(41(58)34(25)35)53-48-17-1-4-20-16(9-17)10-30(83-80-77-63)36(39(20)56)54-49-26-6-2-18(82-79-76-46)11-23(26)43(59)60/h1-15,56-58,63-64H,45-46H2,(H,59,60)(H,61,62)(H2,47,65,66)(H,67,68,69)(H,70,71,72)(H,73,74,75). The van der Waals surface area contributed by atoms with E-state index < -0.39 is 155 Å². The number of benzene rings is 8. The molecule has 0 saturated heterocycles. The zero-order chi connectivity index (χ0) is 64.4. The number of carboxylic acid groups (broad SMARTS) is 2. The minimum atomic E-state index is -5.67. The maximum Gasteiger partial charge on any atom is 0.338 e. The van der Waals surface area contributed by atoms with Crippen LogP contribution in [0.3, 0.4) is 0 Å². The van der Waals surface area contributed by atoms with E-state index in [0.717, 1.165) is 36.4 Å². The average Bonchev–Trinajstić information content (AvgIpc) is 0.872. The molecular formula is C44H31N11O26S7. The van der Waals surface area contributed by atoms with Crippen LogP contribution in [-0.2, 0) is 68.4 Å². The molecule has 8 rings (SSSR count). The zero-order valence-corrected chi connectivity index (χ0v) is 48.0. The number of azo groups is 4. The van der Waals surface area contributed by atoms with Crippen LogP contribution in [0, 0.1) is 0 Å². The molecule has 0 radical (unpaired) electrons. The molecule has 0 aliphatic rings. The molecule has 0 amide bonds. The van der Waals surface area contributed by atoms with Crippen LogP contribution in [0.1, 0.15) is 20.7 Å². The van der Waals surface area contributed by atoms with Crippen molar-refractivity contribution in [3.8, 4) is 17.2 Å². The molecule has 8 aromatic carbocycles. The Labute approximate surface area is 501 Å². The van der Waals surface area contributed by atoms with Crippen LogP contribution in [0.4, 0.5) is 51.2 Å². The van der Waals surface area contributed by atoms with Gasteiger partial charge in [0.1, 0.15) is 54.5 Å². The number of fused-ring (bicyclic) bond motifs is 3. The highest BCUT2D eigenvalue weighted by Crippen LogP contribution is 2.52. The van der Waals surface area contributed by atoms with Crippen LogP contribution in [0.15, 0.2) is 166 Å². The van der Waals surface area contributed by atoms with Gasteiger partial charge in [-0.25, -0.2) is 33.7 Å². The number of carbonyl (C=O) groups is 2. The van der Waals surface area contributed by atoms with Gasteiger partial charge in [-0.15, -0.1) is 53.8 Å². The molecule has 0 bridgehead atoms. The van der Waals surface area contributed by atoms with Crippen molar-refractivity contribution in [2.45, 2.75) is 34.3 Å². The van der Waals surface area contributed by atoms with Crippen molar-refractivity contribution in [1.82, 2.24) is 0 Å². The van der Waals surface area contributed by atoms with E-state index >= 15 is 0 Å². The Balaban J connectivity index is 1.23. The van der Waals surface area contributed by atoms with E-state index in [1.165, 1.54) is 36.4 Å². The van der Waals surface area contributed by atoms with Gasteiger partial charge in [0, 0.05) is 26.4 Å². The van der Waals surface area contributed by atoms with Gasteiger partial charge in [0.25, 0.3) is 30.4 Å². The Hall–Kier alpha value is -8.59. The molecular weight excluding hydrogens is 1320 g/mol. The largest absolute Gasteiger partial charge is 0.505 e. The number of hydrogen-bond donors (Lipinski definition) is 13. The number of anilines is 1. The lowest BCUT2D eigenvalue weighted by atomic mass is 10.0. The van der Waals surface area contributed by atoms with Gasteiger partial charge in [-0.3, -0.25) is 13.7 Å². The monoisotopic (exact) mass is 1350 g/mol. The predicted octanol–water partition coefficient (Wildman–Crippen LogP) is 9.98. The molecule has 0 unspecified atom stereocenters. The minimum Gasteiger partial charge on any atom is -0.505 e. The number of sulfonamides is 1. The van der Waals surface area contributed by atoms with Gasteiger partial charge in [0.2, 0.25) is 10.0 Å². The van der Waals surface area contributed by atoms with Gasteiger partial charge >= 0.3 is 11.9 Å². The number of nitrogens with zero attached hydrogens (tertiary/aromatic N) is 8. The van der Waals surface area contributed by atoms with Gasteiger partial charge in [0.15, 0.2) is 17.2 Å². The number of aromatic carboxylic acids is 2. The maximum atomic E-state index is 13.1. The van der Waals surface area contributed by atoms with Crippen molar-refractivity contribution in [3.05, 3.63) is 102 Å². The molecule has 0 aromatic heterocycles. The number of nitrogen functional groups attached to an aromatic ring is 1. The maximum absolute atomic E-state index is 13.1. The van der Waals surface area contributed by atoms with Crippen molar-refractivity contribution >= 4 is 172 Å². The van der Waals surface area contributed by atoms with Crippen LogP contribution in [-0.4, -0.2) is 95.3 Å². The highest BCUT2D eigenvalue weighted by molar-refractivity contribution is 7.95. The molecule has 0 heterocycles. The van der Waals surface area contributed by atoms with Crippen molar-refractivity contribution in [2.24, 2.45) is 51.9 Å². The molecule has 0 aliphatic carbocycles. The summed E-state index contributed by atoms with van der Waals surface area (Å²) in [4.78, 5) is 23.1. The summed E-state index contributed by atoms with van der Waals surface area (Å²) in [6, 6.07) is 14.4. The lowest BCUT2D eigenvalue weighted by Crippen LogP contribution is -2.13. The van der Waals surface area contributed by atoms with Gasteiger partial charge in [-0.2, -0.15) is 36.3 Å². The van der Waals surface area contributed by atoms with E-state index in [4.69, 9.17) is 27.3 Å². The first-order chi connectivity index (χ1) is 41.4. The molecule has 8 aromatic rings. The first-order valence-corrected chi connectivity index (χ1v) is 30.6. The number of phenols is 3. The number of hydrogen-bond acceptors (Lipinski definition) is 34. The molecule has 0 atom stereocenters. The van der Waals surface area contributed by atoms with Gasteiger partial charge < -0.3 is 31.3 Å². The summed E-state index contributed by atoms with van der Waals surface area (Å²) in [5.74, 6) is -1.35. The number of phenolic OH excluding ortho intramolecular Hbond substituents is 3. The van der Waals surface area contributed by atoms with E-state index in [2.05, 4.69) is 69.0 Å². The fourth-order valence-electron chi connectivity index (χ4n) is 7.91. The first kappa shape index (κ1) is 65.4. The Bertz CT molecular complexity index is 4850. The number of nitrogens with two attached hydrogens (primary N) is 3. The Morgan fingerprint density at radius 3 is 1.61 bits per heavy atom. The van der Waals surface area contributed by atoms with E-state index in [0.29, 0.717) is 42.3 Å². The quantitative estimate of drug-likeness (QED) is 0.00707. The van der Waals surface area contributed by atoms with Crippen LogP contribution in [0.25, 0.3) is 32.3 Å². The third kappa shape index (κ3) is 14.0. The predicted molar refractivity (Wildman–Crippen MR) is 299 cm³/mol. The third-order valence-corrected chi connectivity index (χ3v) is 17.0. The first-order valence-electron chi connectivity index (χ1n) is 22.5. The van der Waals surface area contributed by atoms with E-state index in [1.54, 1.807) is 0 Å². The summed E-state index contributed by atoms with van der Waals surface area (Å²) in [7, 11) is -21.2. The second kappa shape index (κ2) is 26.0. The van der Waals surface area contributed by atoms with Gasteiger partial charge in [0.05, 0.1) is 78.7 Å². The normalized spacial score (nSPS) is 12.8. The van der Waals surface area contributed by atoms with Crippen molar-refractivity contribution in [3.63, 3.8) is 0 Å². The number of aromatic hydroxyl groups is 3. The molecule has 16 N–H and O–H groups in total. The van der Waals surface area contributed by atoms with Crippen LogP contribution in [0.5, 0.6) is 17.2 Å². The van der Waals surface area contributed by atoms with E-state index in [1.807, 2.05) is 0 Å².